The molecule has 0 aliphatic rings. The maximum absolute atomic E-state index is 7.05. The second kappa shape index (κ2) is 13.6. The highest BCUT2D eigenvalue weighted by Crippen LogP contribution is 2.46. The van der Waals surface area contributed by atoms with Crippen LogP contribution in [-0.2, 0) is 0 Å². The first-order chi connectivity index (χ1) is 29.2. The Labute approximate surface area is 345 Å². The second-order valence-electron chi connectivity index (χ2n) is 15.2. The van der Waals surface area contributed by atoms with Gasteiger partial charge in [-0.2, -0.15) is 0 Å². The van der Waals surface area contributed by atoms with Gasteiger partial charge in [-0.1, -0.05) is 158 Å². The normalized spacial score (nSPS) is 11.7. The van der Waals surface area contributed by atoms with Crippen LogP contribution in [0.1, 0.15) is 0 Å². The number of fused-ring (bicyclic) bond motifs is 8. The first-order valence-electron chi connectivity index (χ1n) is 20.1. The van der Waals surface area contributed by atoms with Crippen molar-refractivity contribution in [3.05, 3.63) is 212 Å². The molecule has 2 aromatic heterocycles. The summed E-state index contributed by atoms with van der Waals surface area (Å²) in [5, 5.41) is 9.64. The van der Waals surface area contributed by atoms with Crippen LogP contribution in [0.5, 0.6) is 0 Å². The van der Waals surface area contributed by atoms with Gasteiger partial charge in [-0.15, -0.1) is 11.3 Å². The third-order valence-electron chi connectivity index (χ3n) is 11.9. The van der Waals surface area contributed by atoms with E-state index in [-0.39, 0.29) is 0 Å². The van der Waals surface area contributed by atoms with Crippen LogP contribution < -0.4 is 4.90 Å². The van der Waals surface area contributed by atoms with Gasteiger partial charge in [0.2, 0.25) is 0 Å². The number of hydrogen-bond acceptors (Lipinski definition) is 3. The Morgan fingerprint density at radius 2 is 0.949 bits per heavy atom. The lowest BCUT2D eigenvalue weighted by Gasteiger charge is -2.26. The first kappa shape index (κ1) is 33.7. The molecule has 10 aromatic carbocycles. The lowest BCUT2D eigenvalue weighted by molar-refractivity contribution is 0.670. The molecule has 12 aromatic rings. The van der Waals surface area contributed by atoms with E-state index in [9.17, 15) is 0 Å². The molecule has 59 heavy (non-hydrogen) atoms. The topological polar surface area (TPSA) is 16.4 Å². The van der Waals surface area contributed by atoms with Crippen LogP contribution in [0, 0.1) is 0 Å². The molecule has 0 aliphatic heterocycles. The van der Waals surface area contributed by atoms with E-state index < -0.39 is 0 Å². The van der Waals surface area contributed by atoms with Crippen LogP contribution >= 0.6 is 11.3 Å². The van der Waals surface area contributed by atoms with Crippen LogP contribution in [0.15, 0.2) is 217 Å². The van der Waals surface area contributed by atoms with Gasteiger partial charge in [0, 0.05) is 59.6 Å². The van der Waals surface area contributed by atoms with Crippen molar-refractivity contribution in [3.63, 3.8) is 0 Å². The molecule has 0 bridgehead atoms. The standard InChI is InChI=1S/C56H35NOS/c1-2-12-36(13-3-1)37-24-28-41(29-25-37)57(42-30-26-39(27-31-42)46-20-11-22-50-48-19-8-9-23-53(48)59-56(46)50)43-32-33-47-51-34-40-15-5-7-18-45(40)54(55(51)58-52(47)35-43)49-21-10-16-38-14-4-6-17-44(38)49/h1-35H. The molecular weight excluding hydrogens is 735 g/mol. The summed E-state index contributed by atoms with van der Waals surface area (Å²) < 4.78 is 9.69. The Morgan fingerprint density at radius 3 is 1.76 bits per heavy atom. The molecule has 0 saturated carbocycles. The molecule has 0 saturated heterocycles. The number of thiophene rings is 1. The smallest absolute Gasteiger partial charge is 0.143 e. The third kappa shape index (κ3) is 5.55. The summed E-state index contributed by atoms with van der Waals surface area (Å²) in [6.07, 6.45) is 0. The Balaban J connectivity index is 1.03. The van der Waals surface area contributed by atoms with Gasteiger partial charge in [0.25, 0.3) is 0 Å². The summed E-state index contributed by atoms with van der Waals surface area (Å²) in [7, 11) is 0. The van der Waals surface area contributed by atoms with Gasteiger partial charge in [0.05, 0.1) is 0 Å². The van der Waals surface area contributed by atoms with Gasteiger partial charge in [-0.05, 0) is 97.9 Å². The van der Waals surface area contributed by atoms with Gasteiger partial charge >= 0.3 is 0 Å². The Hall–Kier alpha value is -7.46. The van der Waals surface area contributed by atoms with Crippen molar-refractivity contribution in [3.8, 4) is 33.4 Å². The van der Waals surface area contributed by atoms with Gasteiger partial charge in [-0.25, -0.2) is 0 Å². The maximum Gasteiger partial charge on any atom is 0.143 e. The third-order valence-corrected chi connectivity index (χ3v) is 13.1. The quantitative estimate of drug-likeness (QED) is 0.167. The highest BCUT2D eigenvalue weighted by molar-refractivity contribution is 7.26. The summed E-state index contributed by atoms with van der Waals surface area (Å²) in [6, 6.07) is 76.7. The minimum atomic E-state index is 0.855. The van der Waals surface area contributed by atoms with Crippen LogP contribution in [-0.4, -0.2) is 0 Å². The summed E-state index contributed by atoms with van der Waals surface area (Å²) in [4.78, 5) is 2.34. The molecule has 0 radical (unpaired) electrons. The van der Waals surface area contributed by atoms with E-state index in [0.717, 1.165) is 44.6 Å². The van der Waals surface area contributed by atoms with Crippen LogP contribution in [0.25, 0.3) is 97.0 Å². The molecule has 2 heterocycles. The van der Waals surface area contributed by atoms with Crippen molar-refractivity contribution >= 4 is 92.1 Å². The summed E-state index contributed by atoms with van der Waals surface area (Å²) in [6.45, 7) is 0. The average Bonchev–Trinajstić information content (AvgIpc) is 3.87. The highest BCUT2D eigenvalue weighted by Gasteiger charge is 2.21. The van der Waals surface area contributed by atoms with Crippen molar-refractivity contribution in [2.24, 2.45) is 0 Å². The monoisotopic (exact) mass is 769 g/mol. The molecule has 0 amide bonds. The lowest BCUT2D eigenvalue weighted by atomic mass is 9.92. The van der Waals surface area contributed by atoms with Crippen LogP contribution in [0.2, 0.25) is 0 Å². The van der Waals surface area contributed by atoms with Crippen LogP contribution in [0.4, 0.5) is 17.1 Å². The van der Waals surface area contributed by atoms with E-state index in [1.165, 1.54) is 69.5 Å². The number of furan rings is 1. The van der Waals surface area contributed by atoms with E-state index >= 15 is 0 Å². The molecule has 0 N–H and O–H groups in total. The maximum atomic E-state index is 7.05. The number of rotatable bonds is 6. The predicted octanol–water partition coefficient (Wildman–Crippen LogP) is 16.7. The highest BCUT2D eigenvalue weighted by atomic mass is 32.1. The molecule has 0 aliphatic carbocycles. The zero-order valence-electron chi connectivity index (χ0n) is 32.0. The summed E-state index contributed by atoms with van der Waals surface area (Å²) in [5.41, 5.74) is 12.1. The molecule has 0 unspecified atom stereocenters. The van der Waals surface area contributed by atoms with Crippen LogP contribution in [0.3, 0.4) is 0 Å². The largest absolute Gasteiger partial charge is 0.455 e. The van der Waals surface area contributed by atoms with E-state index in [4.69, 9.17) is 4.42 Å². The molecule has 12 rings (SSSR count). The predicted molar refractivity (Wildman–Crippen MR) is 253 cm³/mol. The zero-order chi connectivity index (χ0) is 38.9. The Kier molecular flexibility index (Phi) is 7.75. The molecule has 0 atom stereocenters. The number of nitrogens with zero attached hydrogens (tertiary/aromatic N) is 1. The minimum Gasteiger partial charge on any atom is -0.455 e. The fourth-order valence-electron chi connectivity index (χ4n) is 9.06. The van der Waals surface area contributed by atoms with Crippen molar-refractivity contribution in [2.45, 2.75) is 0 Å². The molecular formula is C56H35NOS. The average molecular weight is 770 g/mol. The molecule has 0 fully saturated rings. The lowest BCUT2D eigenvalue weighted by Crippen LogP contribution is -2.09. The first-order valence-corrected chi connectivity index (χ1v) is 20.9. The Bertz CT molecular complexity index is 3540. The van der Waals surface area contributed by atoms with Gasteiger partial charge < -0.3 is 9.32 Å². The van der Waals surface area contributed by atoms with Gasteiger partial charge in [0.1, 0.15) is 11.2 Å². The van der Waals surface area contributed by atoms with Crippen molar-refractivity contribution < 1.29 is 4.42 Å². The summed E-state index contributed by atoms with van der Waals surface area (Å²) in [5.74, 6) is 0. The van der Waals surface area contributed by atoms with Crippen molar-refractivity contribution in [1.82, 2.24) is 0 Å². The fraction of sp³-hybridized carbons (Fsp3) is 0. The number of hydrogen-bond donors (Lipinski definition) is 0. The van der Waals surface area contributed by atoms with E-state index in [0.29, 0.717) is 0 Å². The number of anilines is 3. The zero-order valence-corrected chi connectivity index (χ0v) is 32.8. The molecule has 3 heteroatoms. The van der Waals surface area contributed by atoms with Gasteiger partial charge in [0.15, 0.2) is 0 Å². The number of benzene rings is 10. The molecule has 276 valence electrons. The van der Waals surface area contributed by atoms with E-state index in [2.05, 4.69) is 217 Å². The van der Waals surface area contributed by atoms with E-state index in [1.807, 2.05) is 11.3 Å². The van der Waals surface area contributed by atoms with Gasteiger partial charge in [-0.3, -0.25) is 0 Å². The Morgan fingerprint density at radius 1 is 0.356 bits per heavy atom. The summed E-state index contributed by atoms with van der Waals surface area (Å²) >= 11 is 1.87. The molecule has 0 spiro atoms. The van der Waals surface area contributed by atoms with Crippen molar-refractivity contribution in [1.29, 1.82) is 0 Å². The molecule has 2 nitrogen and oxygen atoms in total. The van der Waals surface area contributed by atoms with E-state index in [1.54, 1.807) is 0 Å². The second-order valence-corrected chi connectivity index (χ2v) is 16.3. The SMILES string of the molecule is c1ccc(-c2ccc(N(c3ccc(-c4cccc5c4sc4ccccc45)cc3)c3ccc4c(c3)oc3c(-c5cccc6ccccc56)c5ccccc5cc34)cc2)cc1. The fourth-order valence-corrected chi connectivity index (χ4v) is 10.3. The van der Waals surface area contributed by atoms with Crippen molar-refractivity contribution in [2.75, 3.05) is 4.90 Å². The minimum absolute atomic E-state index is 0.855.